The topological polar surface area (TPSA) is 97.0 Å². The smallest absolute Gasteiger partial charge is 0.269 e. The monoisotopic (exact) mass is 429 g/mol. The van der Waals surface area contributed by atoms with Gasteiger partial charge in [-0.3, -0.25) is 15.6 Å². The summed E-state index contributed by atoms with van der Waals surface area (Å²) in [6.45, 7) is 5.10. The van der Waals surface area contributed by atoms with Gasteiger partial charge in [0.2, 0.25) is 16.8 Å². The van der Waals surface area contributed by atoms with Gasteiger partial charge in [-0.2, -0.15) is 4.31 Å². The quantitative estimate of drug-likeness (QED) is 0.685. The third-order valence-electron chi connectivity index (χ3n) is 5.10. The lowest BCUT2D eigenvalue weighted by molar-refractivity contribution is 0.0942. The molecule has 0 saturated carbocycles. The Bertz CT molecular complexity index is 1080. The second-order valence-corrected chi connectivity index (χ2v) is 9.06. The van der Waals surface area contributed by atoms with Crippen LogP contribution in [-0.2, 0) is 10.0 Å². The second kappa shape index (κ2) is 8.37. The van der Waals surface area contributed by atoms with Crippen LogP contribution in [0.2, 0.25) is 0 Å². The van der Waals surface area contributed by atoms with Crippen molar-refractivity contribution in [3.63, 3.8) is 0 Å². The molecule has 1 fully saturated rings. The number of carbonyl (C=O) groups is 1. The van der Waals surface area contributed by atoms with Crippen molar-refractivity contribution in [1.82, 2.24) is 15.2 Å². The summed E-state index contributed by atoms with van der Waals surface area (Å²) in [4.78, 5) is 12.7. The Morgan fingerprint density at radius 1 is 0.933 bits per heavy atom. The number of sulfonamides is 1. The molecule has 9 heteroatoms. The lowest BCUT2D eigenvalue weighted by atomic mass is 10.1. The summed E-state index contributed by atoms with van der Waals surface area (Å²) in [6.07, 6.45) is 2.74. The predicted molar refractivity (Wildman–Crippen MR) is 111 cm³/mol. The van der Waals surface area contributed by atoms with Crippen molar-refractivity contribution in [2.24, 2.45) is 0 Å². The predicted octanol–water partition coefficient (Wildman–Crippen LogP) is 2.50. The van der Waals surface area contributed by atoms with Gasteiger partial charge in [-0.1, -0.05) is 19.1 Å². The number of amides is 1. The number of hydrogen-bond donors (Lipinski definition) is 2. The van der Waals surface area contributed by atoms with Gasteiger partial charge < -0.3 is 9.47 Å². The molecule has 158 valence electrons. The Kier molecular flexibility index (Phi) is 5.65. The molecule has 30 heavy (non-hydrogen) atoms. The van der Waals surface area contributed by atoms with E-state index in [1.165, 1.54) is 16.4 Å². The van der Waals surface area contributed by atoms with Crippen LogP contribution in [0.25, 0.3) is 5.70 Å². The number of carbonyl (C=O) groups excluding carboxylic acids is 1. The van der Waals surface area contributed by atoms with E-state index in [4.69, 9.17) is 9.47 Å². The lowest BCUT2D eigenvalue weighted by Gasteiger charge is -2.26. The molecule has 0 radical (unpaired) electrons. The van der Waals surface area contributed by atoms with Crippen molar-refractivity contribution in [1.29, 1.82) is 0 Å². The average Bonchev–Trinajstić information content (AvgIpc) is 3.26. The lowest BCUT2D eigenvalue weighted by Crippen LogP contribution is -2.37. The molecule has 0 aliphatic carbocycles. The summed E-state index contributed by atoms with van der Waals surface area (Å²) in [5.41, 5.74) is 6.73. The maximum absolute atomic E-state index is 12.8. The van der Waals surface area contributed by atoms with Gasteiger partial charge in [0.1, 0.15) is 0 Å². The zero-order valence-electron chi connectivity index (χ0n) is 16.4. The number of hydrogen-bond acceptors (Lipinski definition) is 6. The molecule has 4 rings (SSSR count). The van der Waals surface area contributed by atoms with Crippen molar-refractivity contribution in [2.45, 2.75) is 24.2 Å². The number of rotatable bonds is 6. The molecule has 0 atom stereocenters. The first-order chi connectivity index (χ1) is 14.4. The summed E-state index contributed by atoms with van der Waals surface area (Å²) in [6, 6.07) is 11.4. The number of fused-ring (bicyclic) bond motifs is 1. The first kappa shape index (κ1) is 20.2. The second-order valence-electron chi connectivity index (χ2n) is 7.12. The molecule has 2 aliphatic rings. The highest BCUT2D eigenvalue weighted by molar-refractivity contribution is 7.89. The van der Waals surface area contributed by atoms with Gasteiger partial charge in [0.15, 0.2) is 11.5 Å². The van der Waals surface area contributed by atoms with Crippen LogP contribution in [-0.4, -0.2) is 38.5 Å². The van der Waals surface area contributed by atoms with E-state index in [9.17, 15) is 13.2 Å². The van der Waals surface area contributed by atoms with Crippen LogP contribution in [0.1, 0.15) is 35.2 Å². The molecular weight excluding hydrogens is 406 g/mol. The van der Waals surface area contributed by atoms with Crippen molar-refractivity contribution >= 4 is 21.6 Å². The fourth-order valence-corrected chi connectivity index (χ4v) is 4.98. The van der Waals surface area contributed by atoms with Crippen LogP contribution in [0.4, 0.5) is 0 Å². The van der Waals surface area contributed by atoms with Gasteiger partial charge in [-0.25, -0.2) is 8.42 Å². The number of nitrogens with one attached hydrogen (secondary N) is 2. The van der Waals surface area contributed by atoms with Gasteiger partial charge in [-0.05, 0) is 49.2 Å². The van der Waals surface area contributed by atoms with Crippen molar-refractivity contribution in [2.75, 3.05) is 19.9 Å². The zero-order valence-corrected chi connectivity index (χ0v) is 17.2. The highest BCUT2D eigenvalue weighted by Crippen LogP contribution is 2.33. The molecule has 1 amide bonds. The molecule has 8 nitrogen and oxygen atoms in total. The van der Waals surface area contributed by atoms with Crippen molar-refractivity contribution < 1.29 is 22.7 Å². The zero-order chi connectivity index (χ0) is 21.1. The number of ether oxygens (including phenoxy) is 2. The molecule has 0 spiro atoms. The minimum Gasteiger partial charge on any atom is -0.454 e. The molecule has 0 aromatic heterocycles. The van der Waals surface area contributed by atoms with E-state index in [0.717, 1.165) is 24.8 Å². The summed E-state index contributed by atoms with van der Waals surface area (Å²) in [5.74, 6) is 0.798. The Balaban J connectivity index is 1.42. The summed E-state index contributed by atoms with van der Waals surface area (Å²) < 4.78 is 37.8. The third-order valence-corrected chi connectivity index (χ3v) is 6.99. The van der Waals surface area contributed by atoms with E-state index in [-0.39, 0.29) is 17.3 Å². The fraction of sp³-hybridized carbons (Fsp3) is 0.286. The molecule has 1 saturated heterocycles. The van der Waals surface area contributed by atoms with E-state index in [0.29, 0.717) is 30.3 Å². The molecule has 2 aromatic carbocycles. The minimum atomic E-state index is -3.61. The van der Waals surface area contributed by atoms with Gasteiger partial charge >= 0.3 is 0 Å². The van der Waals surface area contributed by atoms with Gasteiger partial charge in [0.05, 0.1) is 10.6 Å². The number of benzene rings is 2. The normalized spacial score (nSPS) is 16.1. The highest BCUT2D eigenvalue weighted by Gasteiger charge is 2.26. The first-order valence-corrected chi connectivity index (χ1v) is 11.1. The van der Waals surface area contributed by atoms with Crippen molar-refractivity contribution in [3.8, 4) is 11.5 Å². The van der Waals surface area contributed by atoms with Gasteiger partial charge in [-0.15, -0.1) is 0 Å². The Labute approximate surface area is 175 Å². The SMILES string of the molecule is C=C(NNC(=O)c1cccc(S(=O)(=O)N2CCCCC2)c1)c1ccc2c(c1)OCO2. The summed E-state index contributed by atoms with van der Waals surface area (Å²) in [7, 11) is -3.61. The van der Waals surface area contributed by atoms with Gasteiger partial charge in [0.25, 0.3) is 5.91 Å². The molecule has 2 aliphatic heterocycles. The Hall–Kier alpha value is -3.04. The van der Waals surface area contributed by atoms with E-state index < -0.39 is 15.9 Å². The fourth-order valence-electron chi connectivity index (χ4n) is 3.41. The van der Waals surface area contributed by atoms with Crippen LogP contribution in [0, 0.1) is 0 Å². The first-order valence-electron chi connectivity index (χ1n) is 9.71. The van der Waals surface area contributed by atoms with E-state index >= 15 is 0 Å². The Morgan fingerprint density at radius 3 is 2.50 bits per heavy atom. The largest absolute Gasteiger partial charge is 0.454 e. The van der Waals surface area contributed by atoms with Crippen LogP contribution < -0.4 is 20.3 Å². The van der Waals surface area contributed by atoms with Gasteiger partial charge in [0, 0.05) is 24.2 Å². The van der Waals surface area contributed by atoms with E-state index in [1.807, 2.05) is 0 Å². The van der Waals surface area contributed by atoms with E-state index in [2.05, 4.69) is 17.4 Å². The maximum Gasteiger partial charge on any atom is 0.269 e. The molecule has 2 heterocycles. The number of piperidine rings is 1. The van der Waals surface area contributed by atoms with Crippen LogP contribution >= 0.6 is 0 Å². The molecule has 2 N–H and O–H groups in total. The standard InChI is InChI=1S/C21H23N3O5S/c1-15(16-8-9-19-20(13-16)29-14-28-19)22-23-21(25)17-6-5-7-18(12-17)30(26,27)24-10-3-2-4-11-24/h5-9,12-13,22H,1-4,10-11,14H2,(H,23,25). The number of hydrazine groups is 1. The third kappa shape index (κ3) is 4.12. The molecule has 0 unspecified atom stereocenters. The molecule has 2 aromatic rings. The van der Waals surface area contributed by atoms with Crippen LogP contribution in [0.15, 0.2) is 53.9 Å². The summed E-state index contributed by atoms with van der Waals surface area (Å²) >= 11 is 0. The maximum atomic E-state index is 12.8. The van der Waals surface area contributed by atoms with Crippen LogP contribution in [0.3, 0.4) is 0 Å². The average molecular weight is 429 g/mol. The summed E-state index contributed by atoms with van der Waals surface area (Å²) in [5, 5.41) is 0. The van der Waals surface area contributed by atoms with E-state index in [1.54, 1.807) is 30.3 Å². The number of nitrogens with zero attached hydrogens (tertiary/aromatic N) is 1. The minimum absolute atomic E-state index is 0.117. The molecular formula is C21H23N3O5S. The van der Waals surface area contributed by atoms with Crippen molar-refractivity contribution in [3.05, 3.63) is 60.2 Å². The molecule has 0 bridgehead atoms. The van der Waals surface area contributed by atoms with Crippen LogP contribution in [0.5, 0.6) is 11.5 Å². The highest BCUT2D eigenvalue weighted by atomic mass is 32.2. The Morgan fingerprint density at radius 2 is 1.70 bits per heavy atom.